The Kier molecular flexibility index (Phi) is 6.26. The van der Waals surface area contributed by atoms with Gasteiger partial charge in [-0.05, 0) is 33.3 Å². The molecule has 1 rings (SSSR count). The molecule has 0 aliphatic rings. The van der Waals surface area contributed by atoms with Crippen LogP contribution in [0.4, 0.5) is 5.69 Å². The number of rotatable bonds is 7. The number of aliphatic hydroxyl groups is 1. The first-order valence-corrected chi connectivity index (χ1v) is 6.96. The number of nitrogens with one attached hydrogen (secondary N) is 1. The second-order valence-corrected chi connectivity index (χ2v) is 6.03. The number of benzene rings is 1. The Labute approximate surface area is 125 Å². The molecule has 0 saturated heterocycles. The van der Waals surface area contributed by atoms with Crippen LogP contribution in [0.25, 0.3) is 0 Å². The summed E-state index contributed by atoms with van der Waals surface area (Å²) in [5.41, 5.74) is 1.34. The zero-order valence-electron chi connectivity index (χ0n) is 13.0. The first kappa shape index (κ1) is 17.6. The molecule has 0 saturated carbocycles. The number of nitro groups is 1. The van der Waals surface area contributed by atoms with Gasteiger partial charge in [0.2, 0.25) is 0 Å². The van der Waals surface area contributed by atoms with E-state index in [-0.39, 0.29) is 22.8 Å². The minimum absolute atomic E-state index is 0.117. The second kappa shape index (κ2) is 7.49. The monoisotopic (exact) mass is 296 g/mol. The minimum atomic E-state index is -0.608. The van der Waals surface area contributed by atoms with Gasteiger partial charge in [-0.2, -0.15) is 0 Å². The predicted octanol–water partition coefficient (Wildman–Crippen LogP) is 2.17. The summed E-state index contributed by atoms with van der Waals surface area (Å²) in [7, 11) is 0. The Morgan fingerprint density at radius 3 is 2.67 bits per heavy atom. The van der Waals surface area contributed by atoms with E-state index in [4.69, 9.17) is 4.74 Å². The Hall–Kier alpha value is -1.50. The van der Waals surface area contributed by atoms with Gasteiger partial charge in [-0.25, -0.2) is 0 Å². The highest BCUT2D eigenvalue weighted by atomic mass is 16.6. The van der Waals surface area contributed by atoms with E-state index in [1.165, 1.54) is 6.07 Å². The molecule has 0 radical (unpaired) electrons. The molecule has 0 aliphatic heterocycles. The fraction of sp³-hybridized carbons (Fsp3) is 0.600. The molecule has 0 spiro atoms. The number of nitrogens with zero attached hydrogens (tertiary/aromatic N) is 1. The van der Waals surface area contributed by atoms with E-state index in [1.54, 1.807) is 13.0 Å². The van der Waals surface area contributed by atoms with Crippen LogP contribution in [0.2, 0.25) is 0 Å². The fourth-order valence-electron chi connectivity index (χ4n) is 1.84. The molecule has 21 heavy (non-hydrogen) atoms. The van der Waals surface area contributed by atoms with Gasteiger partial charge in [0.25, 0.3) is 5.69 Å². The summed E-state index contributed by atoms with van der Waals surface area (Å²) in [6.45, 7) is 8.62. The molecule has 6 heteroatoms. The third kappa shape index (κ3) is 6.20. The van der Waals surface area contributed by atoms with E-state index < -0.39 is 6.10 Å². The van der Waals surface area contributed by atoms with E-state index in [1.807, 2.05) is 26.8 Å². The zero-order valence-corrected chi connectivity index (χ0v) is 13.0. The van der Waals surface area contributed by atoms with E-state index in [9.17, 15) is 15.2 Å². The molecule has 2 N–H and O–H groups in total. The van der Waals surface area contributed by atoms with Crippen LogP contribution in [0.3, 0.4) is 0 Å². The zero-order chi connectivity index (χ0) is 16.0. The normalized spacial score (nSPS) is 13.2. The van der Waals surface area contributed by atoms with Crippen LogP contribution in [0, 0.1) is 17.0 Å². The van der Waals surface area contributed by atoms with Gasteiger partial charge in [0.15, 0.2) is 0 Å². The van der Waals surface area contributed by atoms with Gasteiger partial charge in [0.1, 0.15) is 0 Å². The summed E-state index contributed by atoms with van der Waals surface area (Å²) in [4.78, 5) is 10.5. The average Bonchev–Trinajstić information content (AvgIpc) is 2.37. The van der Waals surface area contributed by atoms with Crippen molar-refractivity contribution in [2.75, 3.05) is 13.2 Å². The fourth-order valence-corrected chi connectivity index (χ4v) is 1.84. The summed E-state index contributed by atoms with van der Waals surface area (Å²) in [6.07, 6.45) is -0.608. The van der Waals surface area contributed by atoms with Crippen molar-refractivity contribution < 1.29 is 14.8 Å². The van der Waals surface area contributed by atoms with E-state index in [0.29, 0.717) is 18.7 Å². The van der Waals surface area contributed by atoms with Gasteiger partial charge in [-0.3, -0.25) is 10.1 Å². The molecule has 1 aromatic carbocycles. The van der Waals surface area contributed by atoms with Crippen molar-refractivity contribution in [3.8, 4) is 0 Å². The Morgan fingerprint density at radius 2 is 2.10 bits per heavy atom. The smallest absolute Gasteiger partial charge is 0.272 e. The molecule has 0 aliphatic carbocycles. The molecule has 1 aromatic rings. The number of nitro benzene ring substituents is 1. The van der Waals surface area contributed by atoms with Crippen LogP contribution >= 0.6 is 0 Å². The van der Waals surface area contributed by atoms with Crippen molar-refractivity contribution in [1.82, 2.24) is 5.32 Å². The Balaban J connectivity index is 2.46. The highest BCUT2D eigenvalue weighted by Gasteiger charge is 2.15. The Morgan fingerprint density at radius 1 is 1.43 bits per heavy atom. The maximum atomic E-state index is 10.9. The van der Waals surface area contributed by atoms with Crippen molar-refractivity contribution in [2.24, 2.45) is 0 Å². The summed E-state index contributed by atoms with van der Waals surface area (Å²) >= 11 is 0. The molecule has 1 atom stereocenters. The number of aliphatic hydroxyl groups excluding tert-OH is 1. The molecule has 118 valence electrons. The molecule has 0 aromatic heterocycles. The maximum absolute atomic E-state index is 10.9. The second-order valence-electron chi connectivity index (χ2n) is 6.03. The quantitative estimate of drug-likeness (QED) is 0.595. The van der Waals surface area contributed by atoms with Crippen LogP contribution in [0.5, 0.6) is 0 Å². The van der Waals surface area contributed by atoms with Gasteiger partial charge in [-0.1, -0.05) is 12.1 Å². The maximum Gasteiger partial charge on any atom is 0.272 e. The number of ether oxygens (including phenoxy) is 1. The standard InChI is InChI=1S/C15H24N2O4/c1-11-12(6-5-7-14(11)17(19)20)8-16-9-13(18)10-21-15(2,3)4/h5-7,13,16,18H,8-10H2,1-4H3. The molecule has 0 bridgehead atoms. The first-order chi connectivity index (χ1) is 9.70. The minimum Gasteiger partial charge on any atom is -0.389 e. The Bertz CT molecular complexity index is 483. The van der Waals surface area contributed by atoms with Crippen molar-refractivity contribution in [2.45, 2.75) is 45.9 Å². The molecular formula is C15H24N2O4. The predicted molar refractivity (Wildman–Crippen MR) is 81.3 cm³/mol. The molecule has 0 amide bonds. The van der Waals surface area contributed by atoms with Crippen LogP contribution < -0.4 is 5.32 Å². The molecule has 1 unspecified atom stereocenters. The number of hydrogen-bond donors (Lipinski definition) is 2. The molecular weight excluding hydrogens is 272 g/mol. The van der Waals surface area contributed by atoms with Gasteiger partial charge in [0, 0.05) is 24.7 Å². The lowest BCUT2D eigenvalue weighted by atomic mass is 10.1. The van der Waals surface area contributed by atoms with Crippen LogP contribution in [-0.2, 0) is 11.3 Å². The lowest BCUT2D eigenvalue weighted by Crippen LogP contribution is -2.33. The number of hydrogen-bond acceptors (Lipinski definition) is 5. The summed E-state index contributed by atoms with van der Waals surface area (Å²) in [5, 5.41) is 23.8. The molecule has 6 nitrogen and oxygen atoms in total. The topological polar surface area (TPSA) is 84.6 Å². The van der Waals surface area contributed by atoms with E-state index >= 15 is 0 Å². The summed E-state index contributed by atoms with van der Waals surface area (Å²) in [5.74, 6) is 0. The molecule has 0 heterocycles. The van der Waals surface area contributed by atoms with Crippen LogP contribution in [0.15, 0.2) is 18.2 Å². The van der Waals surface area contributed by atoms with Crippen molar-refractivity contribution in [1.29, 1.82) is 0 Å². The molecule has 0 fully saturated rings. The van der Waals surface area contributed by atoms with Crippen LogP contribution in [-0.4, -0.2) is 34.9 Å². The van der Waals surface area contributed by atoms with E-state index in [0.717, 1.165) is 5.56 Å². The lowest BCUT2D eigenvalue weighted by molar-refractivity contribution is -0.385. The third-order valence-corrected chi connectivity index (χ3v) is 3.02. The average molecular weight is 296 g/mol. The van der Waals surface area contributed by atoms with Gasteiger partial charge in [-0.15, -0.1) is 0 Å². The largest absolute Gasteiger partial charge is 0.389 e. The highest BCUT2D eigenvalue weighted by molar-refractivity contribution is 5.44. The van der Waals surface area contributed by atoms with Crippen molar-refractivity contribution in [3.05, 3.63) is 39.4 Å². The summed E-state index contributed by atoms with van der Waals surface area (Å²) in [6, 6.07) is 5.00. The lowest BCUT2D eigenvalue weighted by Gasteiger charge is -2.22. The van der Waals surface area contributed by atoms with Gasteiger partial charge >= 0.3 is 0 Å². The first-order valence-electron chi connectivity index (χ1n) is 6.96. The van der Waals surface area contributed by atoms with Crippen molar-refractivity contribution >= 4 is 5.69 Å². The van der Waals surface area contributed by atoms with Gasteiger partial charge in [0.05, 0.1) is 23.2 Å². The summed E-state index contributed by atoms with van der Waals surface area (Å²) < 4.78 is 5.49. The van der Waals surface area contributed by atoms with E-state index in [2.05, 4.69) is 5.32 Å². The van der Waals surface area contributed by atoms with Crippen LogP contribution in [0.1, 0.15) is 31.9 Å². The highest BCUT2D eigenvalue weighted by Crippen LogP contribution is 2.20. The van der Waals surface area contributed by atoms with Crippen molar-refractivity contribution in [3.63, 3.8) is 0 Å². The third-order valence-electron chi connectivity index (χ3n) is 3.02. The SMILES string of the molecule is Cc1c(CNCC(O)COC(C)(C)C)cccc1[N+](=O)[O-]. The van der Waals surface area contributed by atoms with Gasteiger partial charge < -0.3 is 15.2 Å².